The summed E-state index contributed by atoms with van der Waals surface area (Å²) in [6, 6.07) is 19.4. The second-order valence-corrected chi connectivity index (χ2v) is 7.06. The number of nitrogens with one attached hydrogen (secondary N) is 2. The molecule has 0 aromatic heterocycles. The summed E-state index contributed by atoms with van der Waals surface area (Å²) in [6.45, 7) is 2.23. The number of hydrogen-bond donors (Lipinski definition) is 2. The summed E-state index contributed by atoms with van der Waals surface area (Å²) in [5.41, 5.74) is 3.15. The Hall–Kier alpha value is -2.29. The molecule has 1 aliphatic heterocycles. The van der Waals surface area contributed by atoms with Crippen LogP contribution in [0.15, 0.2) is 59.6 Å². The van der Waals surface area contributed by atoms with E-state index in [-0.39, 0.29) is 5.54 Å². The molecule has 3 nitrogen and oxygen atoms in total. The van der Waals surface area contributed by atoms with Gasteiger partial charge in [-0.3, -0.25) is 4.99 Å². The fourth-order valence-corrected chi connectivity index (χ4v) is 3.82. The van der Waals surface area contributed by atoms with Gasteiger partial charge in [0.25, 0.3) is 0 Å². The third-order valence-electron chi connectivity index (χ3n) is 5.28. The van der Waals surface area contributed by atoms with Gasteiger partial charge < -0.3 is 10.6 Å². The molecular weight excluding hydrogens is 294 g/mol. The lowest BCUT2D eigenvalue weighted by Crippen LogP contribution is -2.48. The quantitative estimate of drug-likeness (QED) is 0.801. The lowest BCUT2D eigenvalue weighted by atomic mass is 9.87. The van der Waals surface area contributed by atoms with Crippen LogP contribution in [0.4, 0.5) is 11.4 Å². The van der Waals surface area contributed by atoms with E-state index in [9.17, 15) is 0 Å². The first-order valence-electron chi connectivity index (χ1n) is 9.04. The van der Waals surface area contributed by atoms with Crippen molar-refractivity contribution in [2.24, 2.45) is 4.99 Å². The molecule has 3 heteroatoms. The average Bonchev–Trinajstić information content (AvgIpc) is 2.64. The zero-order valence-electron chi connectivity index (χ0n) is 14.3. The lowest BCUT2D eigenvalue weighted by molar-refractivity contribution is 0.441. The van der Waals surface area contributed by atoms with Gasteiger partial charge in [-0.15, -0.1) is 0 Å². The Morgan fingerprint density at radius 3 is 2.29 bits per heavy atom. The van der Waals surface area contributed by atoms with Crippen molar-refractivity contribution >= 4 is 17.2 Å². The van der Waals surface area contributed by atoms with Gasteiger partial charge in [-0.05, 0) is 37.5 Å². The number of nitrogens with zero attached hydrogens (tertiary/aromatic N) is 1. The van der Waals surface area contributed by atoms with Crippen LogP contribution in [0.1, 0.15) is 44.6 Å². The third kappa shape index (κ3) is 2.79. The number of para-hydroxylation sites is 2. The largest absolute Gasteiger partial charge is 0.368 e. The SMILES string of the molecule is CC1(c2ccccc2)Nc2ccccc2NC1=NC1CCCCC1. The average molecular weight is 319 g/mol. The summed E-state index contributed by atoms with van der Waals surface area (Å²) in [5.74, 6) is 1.04. The first-order chi connectivity index (χ1) is 11.8. The Bertz CT molecular complexity index is 732. The number of benzene rings is 2. The van der Waals surface area contributed by atoms with Gasteiger partial charge in [-0.2, -0.15) is 0 Å². The van der Waals surface area contributed by atoms with Crippen molar-refractivity contribution in [3.05, 3.63) is 60.2 Å². The summed E-state index contributed by atoms with van der Waals surface area (Å²) in [5, 5.41) is 7.36. The monoisotopic (exact) mass is 319 g/mol. The maximum atomic E-state index is 5.17. The number of hydrogen-bond acceptors (Lipinski definition) is 2. The number of anilines is 2. The Kier molecular flexibility index (Phi) is 4.01. The summed E-state index contributed by atoms with van der Waals surface area (Å²) in [7, 11) is 0. The molecule has 0 bridgehead atoms. The zero-order valence-corrected chi connectivity index (χ0v) is 14.3. The molecule has 0 saturated heterocycles. The van der Waals surface area contributed by atoms with Crippen LogP contribution in [0.3, 0.4) is 0 Å². The molecule has 24 heavy (non-hydrogen) atoms. The molecule has 124 valence electrons. The summed E-state index contributed by atoms with van der Waals surface area (Å²) in [6.07, 6.45) is 6.36. The van der Waals surface area contributed by atoms with Gasteiger partial charge in [-0.25, -0.2) is 0 Å². The van der Waals surface area contributed by atoms with Crippen molar-refractivity contribution in [1.82, 2.24) is 0 Å². The lowest BCUT2D eigenvalue weighted by Gasteiger charge is -2.40. The Labute approximate surface area is 144 Å². The summed E-state index contributed by atoms with van der Waals surface area (Å²) in [4.78, 5) is 5.17. The van der Waals surface area contributed by atoms with Crippen LogP contribution in [0.25, 0.3) is 0 Å². The Balaban J connectivity index is 1.77. The predicted octanol–water partition coefficient (Wildman–Crippen LogP) is 5.17. The fourth-order valence-electron chi connectivity index (χ4n) is 3.82. The van der Waals surface area contributed by atoms with Crippen LogP contribution >= 0.6 is 0 Å². The van der Waals surface area contributed by atoms with Crippen LogP contribution in [0, 0.1) is 0 Å². The maximum Gasteiger partial charge on any atom is 0.131 e. The zero-order chi connectivity index (χ0) is 16.4. The maximum absolute atomic E-state index is 5.17. The smallest absolute Gasteiger partial charge is 0.131 e. The number of aliphatic imine (C=N–C) groups is 1. The molecule has 1 fully saturated rings. The fraction of sp³-hybridized carbons (Fsp3) is 0.381. The molecule has 1 aliphatic carbocycles. The molecule has 2 N–H and O–H groups in total. The van der Waals surface area contributed by atoms with E-state index < -0.39 is 0 Å². The topological polar surface area (TPSA) is 36.4 Å². The summed E-state index contributed by atoms with van der Waals surface area (Å²) >= 11 is 0. The van der Waals surface area contributed by atoms with Gasteiger partial charge in [0.15, 0.2) is 0 Å². The minimum absolute atomic E-state index is 0.326. The molecule has 2 aromatic rings. The molecule has 0 radical (unpaired) electrons. The molecule has 1 heterocycles. The molecule has 1 atom stereocenters. The molecule has 1 unspecified atom stereocenters. The molecule has 0 spiro atoms. The van der Waals surface area contributed by atoms with Crippen molar-refractivity contribution in [2.45, 2.75) is 50.6 Å². The highest BCUT2D eigenvalue weighted by Crippen LogP contribution is 2.37. The van der Waals surface area contributed by atoms with Crippen molar-refractivity contribution in [2.75, 3.05) is 10.6 Å². The Morgan fingerprint density at radius 1 is 0.875 bits per heavy atom. The number of amidine groups is 1. The Morgan fingerprint density at radius 2 is 1.54 bits per heavy atom. The highest BCUT2D eigenvalue weighted by atomic mass is 15.2. The van der Waals surface area contributed by atoms with Crippen LogP contribution < -0.4 is 10.6 Å². The van der Waals surface area contributed by atoms with Gasteiger partial charge in [0.1, 0.15) is 11.4 Å². The normalized spacial score (nSPS) is 25.6. The van der Waals surface area contributed by atoms with Crippen LogP contribution in [0.2, 0.25) is 0 Å². The highest BCUT2D eigenvalue weighted by Gasteiger charge is 2.37. The van der Waals surface area contributed by atoms with E-state index in [4.69, 9.17) is 4.99 Å². The van der Waals surface area contributed by atoms with Gasteiger partial charge in [0.05, 0.1) is 17.4 Å². The van der Waals surface area contributed by atoms with Crippen molar-refractivity contribution in [1.29, 1.82) is 0 Å². The minimum Gasteiger partial charge on any atom is -0.368 e. The molecule has 2 aromatic carbocycles. The molecule has 1 saturated carbocycles. The number of fused-ring (bicyclic) bond motifs is 1. The van der Waals surface area contributed by atoms with E-state index in [1.807, 2.05) is 0 Å². The van der Waals surface area contributed by atoms with E-state index in [2.05, 4.69) is 72.2 Å². The molecule has 0 amide bonds. The van der Waals surface area contributed by atoms with Crippen LogP contribution in [-0.4, -0.2) is 11.9 Å². The van der Waals surface area contributed by atoms with Gasteiger partial charge in [-0.1, -0.05) is 61.7 Å². The minimum atomic E-state index is -0.326. The number of rotatable bonds is 2. The van der Waals surface area contributed by atoms with Crippen LogP contribution in [0.5, 0.6) is 0 Å². The van der Waals surface area contributed by atoms with E-state index in [1.165, 1.54) is 37.7 Å². The van der Waals surface area contributed by atoms with Crippen molar-refractivity contribution < 1.29 is 0 Å². The molecule has 2 aliphatic rings. The van der Waals surface area contributed by atoms with Crippen molar-refractivity contribution in [3.8, 4) is 0 Å². The second-order valence-electron chi connectivity index (χ2n) is 7.06. The molecule has 4 rings (SSSR count). The van der Waals surface area contributed by atoms with E-state index in [0.717, 1.165) is 17.2 Å². The predicted molar refractivity (Wildman–Crippen MR) is 102 cm³/mol. The third-order valence-corrected chi connectivity index (χ3v) is 5.28. The van der Waals surface area contributed by atoms with Crippen LogP contribution in [-0.2, 0) is 5.54 Å². The van der Waals surface area contributed by atoms with Gasteiger partial charge >= 0.3 is 0 Å². The van der Waals surface area contributed by atoms with Crippen molar-refractivity contribution in [3.63, 3.8) is 0 Å². The molecular formula is C21H25N3. The summed E-state index contributed by atoms with van der Waals surface area (Å²) < 4.78 is 0. The second kappa shape index (κ2) is 6.31. The van der Waals surface area contributed by atoms with Gasteiger partial charge in [0.2, 0.25) is 0 Å². The first kappa shape index (κ1) is 15.3. The highest BCUT2D eigenvalue weighted by molar-refractivity contribution is 6.09. The standard InChI is InChI=1S/C21H25N3/c1-21(16-10-4-2-5-11-16)20(22-17-12-6-3-7-13-17)23-18-14-8-9-15-19(18)24-21/h2,4-5,8-11,14-15,17,24H,3,6-7,12-13H2,1H3,(H,22,23). The van der Waals surface area contributed by atoms with E-state index in [0.29, 0.717) is 6.04 Å². The first-order valence-corrected chi connectivity index (χ1v) is 9.04. The van der Waals surface area contributed by atoms with Gasteiger partial charge in [0, 0.05) is 0 Å². The van der Waals surface area contributed by atoms with E-state index >= 15 is 0 Å². The van der Waals surface area contributed by atoms with E-state index in [1.54, 1.807) is 0 Å².